The molecule has 0 saturated carbocycles. The fourth-order valence-electron chi connectivity index (χ4n) is 3.47. The summed E-state index contributed by atoms with van der Waals surface area (Å²) in [6.07, 6.45) is 1.38. The van der Waals surface area contributed by atoms with Gasteiger partial charge in [0.2, 0.25) is 0 Å². The number of allylic oxidation sites excluding steroid dienone is 1. The minimum absolute atomic E-state index is 0.0947. The van der Waals surface area contributed by atoms with E-state index in [0.29, 0.717) is 11.5 Å². The summed E-state index contributed by atoms with van der Waals surface area (Å²) in [6, 6.07) is 19.0. The van der Waals surface area contributed by atoms with E-state index in [2.05, 4.69) is 10.4 Å². The van der Waals surface area contributed by atoms with Gasteiger partial charge in [0.05, 0.1) is 23.6 Å². The van der Waals surface area contributed by atoms with Crippen LogP contribution in [0.2, 0.25) is 0 Å². The zero-order valence-corrected chi connectivity index (χ0v) is 18.8. The molecule has 2 heterocycles. The monoisotopic (exact) mass is 465 g/mol. The van der Waals surface area contributed by atoms with Crippen molar-refractivity contribution in [3.8, 4) is 16.9 Å². The molecule has 0 radical (unpaired) electrons. The van der Waals surface area contributed by atoms with Crippen LogP contribution < -0.4 is 5.32 Å². The highest BCUT2D eigenvalue weighted by Crippen LogP contribution is 2.25. The van der Waals surface area contributed by atoms with Gasteiger partial charge >= 0.3 is 5.97 Å². The van der Waals surface area contributed by atoms with Gasteiger partial charge in [0, 0.05) is 23.0 Å². The molecular formula is C24H23N3O5S. The molecule has 0 aliphatic carbocycles. The van der Waals surface area contributed by atoms with E-state index in [1.165, 1.54) is 6.08 Å². The molecule has 2 aromatic carbocycles. The van der Waals surface area contributed by atoms with Crippen molar-refractivity contribution in [3.63, 3.8) is 0 Å². The Morgan fingerprint density at radius 1 is 1.12 bits per heavy atom. The number of carbonyl (C=O) groups excluding carboxylic acids is 2. The molecule has 33 heavy (non-hydrogen) atoms. The van der Waals surface area contributed by atoms with Gasteiger partial charge in [0.25, 0.3) is 5.91 Å². The number of ether oxygens (including phenoxy) is 1. The lowest BCUT2D eigenvalue weighted by molar-refractivity contribution is -0.147. The van der Waals surface area contributed by atoms with E-state index in [1.54, 1.807) is 10.7 Å². The number of aryl methyl sites for hydroxylation is 1. The molecule has 1 aliphatic rings. The number of hydrogen-bond acceptors (Lipinski definition) is 6. The quantitative estimate of drug-likeness (QED) is 0.537. The van der Waals surface area contributed by atoms with Crippen LogP contribution in [0.5, 0.6) is 0 Å². The third-order valence-electron chi connectivity index (χ3n) is 5.12. The van der Waals surface area contributed by atoms with Crippen LogP contribution in [0.15, 0.2) is 72.1 Å². The standard InChI is InChI=1S/C24H23N3O5S/c1-17-7-9-19(10-8-17)21-14-22(27(26-21)20-5-3-2-4-6-20)25-23(28)15-32-24(29)13-18-11-12-33(30,31)16-18/h2-12,14,18H,13,15-16H2,1H3,(H,25,28). The Hall–Kier alpha value is -3.72. The predicted molar refractivity (Wildman–Crippen MR) is 124 cm³/mol. The van der Waals surface area contributed by atoms with Gasteiger partial charge in [-0.05, 0) is 19.1 Å². The van der Waals surface area contributed by atoms with Crippen molar-refractivity contribution < 1.29 is 22.7 Å². The highest BCUT2D eigenvalue weighted by atomic mass is 32.2. The summed E-state index contributed by atoms with van der Waals surface area (Å²) in [5.41, 5.74) is 3.47. The van der Waals surface area contributed by atoms with Crippen molar-refractivity contribution in [2.75, 3.05) is 17.7 Å². The topological polar surface area (TPSA) is 107 Å². The first-order chi connectivity index (χ1) is 15.8. The minimum Gasteiger partial charge on any atom is -0.456 e. The maximum absolute atomic E-state index is 12.5. The SMILES string of the molecule is Cc1ccc(-c2cc(NC(=O)COC(=O)CC3C=CS(=O)(=O)C3)n(-c3ccccc3)n2)cc1. The van der Waals surface area contributed by atoms with Crippen LogP contribution in [0.3, 0.4) is 0 Å². The summed E-state index contributed by atoms with van der Waals surface area (Å²) < 4.78 is 29.6. The van der Waals surface area contributed by atoms with E-state index in [-0.39, 0.29) is 12.2 Å². The number of carbonyl (C=O) groups is 2. The maximum atomic E-state index is 12.5. The van der Waals surface area contributed by atoms with Crippen LogP contribution in [0.1, 0.15) is 12.0 Å². The second kappa shape index (κ2) is 9.41. The van der Waals surface area contributed by atoms with Crippen molar-refractivity contribution in [2.24, 2.45) is 5.92 Å². The second-order valence-electron chi connectivity index (χ2n) is 7.86. The normalized spacial score (nSPS) is 16.5. The van der Waals surface area contributed by atoms with E-state index >= 15 is 0 Å². The molecule has 1 amide bonds. The van der Waals surface area contributed by atoms with E-state index in [4.69, 9.17) is 4.74 Å². The zero-order valence-electron chi connectivity index (χ0n) is 18.0. The number of anilines is 1. The lowest BCUT2D eigenvalue weighted by Gasteiger charge is -2.10. The van der Waals surface area contributed by atoms with Crippen LogP contribution >= 0.6 is 0 Å². The maximum Gasteiger partial charge on any atom is 0.306 e. The number of sulfone groups is 1. The summed E-state index contributed by atoms with van der Waals surface area (Å²) >= 11 is 0. The molecule has 0 fully saturated rings. The molecule has 8 nitrogen and oxygen atoms in total. The number of para-hydroxylation sites is 1. The lowest BCUT2D eigenvalue weighted by Crippen LogP contribution is -2.23. The summed E-state index contributed by atoms with van der Waals surface area (Å²) in [4.78, 5) is 24.5. The first kappa shape index (κ1) is 22.5. The average molecular weight is 466 g/mol. The first-order valence-electron chi connectivity index (χ1n) is 10.4. The number of esters is 1. The smallest absolute Gasteiger partial charge is 0.306 e. The number of nitrogens with one attached hydrogen (secondary N) is 1. The largest absolute Gasteiger partial charge is 0.456 e. The lowest BCUT2D eigenvalue weighted by atomic mass is 10.1. The molecule has 9 heteroatoms. The Morgan fingerprint density at radius 3 is 2.52 bits per heavy atom. The molecule has 4 rings (SSSR count). The van der Waals surface area contributed by atoms with E-state index in [9.17, 15) is 18.0 Å². The Kier molecular flexibility index (Phi) is 6.41. The van der Waals surface area contributed by atoms with Crippen molar-refractivity contribution >= 4 is 27.5 Å². The van der Waals surface area contributed by atoms with Gasteiger partial charge in [-0.1, -0.05) is 54.1 Å². The van der Waals surface area contributed by atoms with Crippen molar-refractivity contribution in [1.29, 1.82) is 0 Å². The minimum atomic E-state index is -3.24. The molecule has 1 aromatic heterocycles. The Balaban J connectivity index is 1.45. The third kappa shape index (κ3) is 5.75. The number of rotatable bonds is 7. The highest BCUT2D eigenvalue weighted by molar-refractivity contribution is 7.94. The van der Waals surface area contributed by atoms with Gasteiger partial charge in [0.1, 0.15) is 5.82 Å². The highest BCUT2D eigenvalue weighted by Gasteiger charge is 2.25. The van der Waals surface area contributed by atoms with Gasteiger partial charge in [-0.25, -0.2) is 13.1 Å². The van der Waals surface area contributed by atoms with Crippen LogP contribution in [0, 0.1) is 12.8 Å². The molecule has 0 saturated heterocycles. The van der Waals surface area contributed by atoms with Crippen molar-refractivity contribution in [3.05, 3.63) is 77.7 Å². The Labute approximate surface area is 191 Å². The van der Waals surface area contributed by atoms with Gasteiger partial charge in [-0.2, -0.15) is 5.10 Å². The number of nitrogens with zero attached hydrogens (tertiary/aromatic N) is 2. The fourth-order valence-corrected chi connectivity index (χ4v) is 4.87. The Morgan fingerprint density at radius 2 is 1.85 bits per heavy atom. The number of benzene rings is 2. The zero-order chi connectivity index (χ0) is 23.4. The van der Waals surface area contributed by atoms with E-state index < -0.39 is 34.2 Å². The number of hydrogen-bond donors (Lipinski definition) is 1. The molecule has 1 unspecified atom stereocenters. The molecule has 1 N–H and O–H groups in total. The van der Waals surface area contributed by atoms with Crippen molar-refractivity contribution in [2.45, 2.75) is 13.3 Å². The third-order valence-corrected chi connectivity index (χ3v) is 6.59. The van der Waals surface area contributed by atoms with Crippen LogP contribution in [0.4, 0.5) is 5.82 Å². The van der Waals surface area contributed by atoms with Gasteiger partial charge < -0.3 is 10.1 Å². The molecule has 0 spiro atoms. The first-order valence-corrected chi connectivity index (χ1v) is 12.1. The number of amides is 1. The summed E-state index contributed by atoms with van der Waals surface area (Å²) in [5.74, 6) is -1.27. The Bertz CT molecular complexity index is 1300. The predicted octanol–water partition coefficient (Wildman–Crippen LogP) is 3.28. The molecule has 170 valence electrons. The van der Waals surface area contributed by atoms with E-state index in [0.717, 1.165) is 22.2 Å². The molecule has 3 aromatic rings. The van der Waals surface area contributed by atoms with Crippen LogP contribution in [-0.4, -0.2) is 42.4 Å². The van der Waals surface area contributed by atoms with Gasteiger partial charge in [0.15, 0.2) is 16.4 Å². The molecule has 1 atom stereocenters. The van der Waals surface area contributed by atoms with Crippen LogP contribution in [0.25, 0.3) is 16.9 Å². The fraction of sp³-hybridized carbons (Fsp3) is 0.208. The molecular weight excluding hydrogens is 442 g/mol. The van der Waals surface area contributed by atoms with Crippen LogP contribution in [-0.2, 0) is 24.2 Å². The number of aromatic nitrogens is 2. The molecule has 1 aliphatic heterocycles. The van der Waals surface area contributed by atoms with E-state index in [1.807, 2.05) is 61.5 Å². The van der Waals surface area contributed by atoms with Gasteiger partial charge in [-0.15, -0.1) is 0 Å². The summed E-state index contributed by atoms with van der Waals surface area (Å²) in [6.45, 7) is 1.52. The average Bonchev–Trinajstić information content (AvgIpc) is 3.36. The molecule has 0 bridgehead atoms. The summed E-state index contributed by atoms with van der Waals surface area (Å²) in [5, 5.41) is 8.49. The van der Waals surface area contributed by atoms with Gasteiger partial charge in [-0.3, -0.25) is 9.59 Å². The second-order valence-corrected chi connectivity index (χ2v) is 9.79. The summed E-state index contributed by atoms with van der Waals surface area (Å²) in [7, 11) is -3.24. The van der Waals surface area contributed by atoms with Crippen molar-refractivity contribution in [1.82, 2.24) is 9.78 Å².